The van der Waals surface area contributed by atoms with Crippen LogP contribution < -0.4 is 10.0 Å². The van der Waals surface area contributed by atoms with E-state index in [0.29, 0.717) is 29.2 Å². The summed E-state index contributed by atoms with van der Waals surface area (Å²) in [5.74, 6) is 0.247. The molecule has 4 aromatic carbocycles. The lowest BCUT2D eigenvalue weighted by molar-refractivity contribution is -0.128. The highest BCUT2D eigenvalue weighted by Gasteiger charge is 2.32. The molecule has 1 atom stereocenters. The monoisotopic (exact) mass is 571 g/mol. The lowest BCUT2D eigenvalue weighted by Crippen LogP contribution is -2.30. The Morgan fingerprint density at radius 3 is 2.20 bits per heavy atom. The van der Waals surface area contributed by atoms with Gasteiger partial charge in [-0.2, -0.15) is 0 Å². The molecule has 1 aliphatic rings. The molecule has 9 heteroatoms. The summed E-state index contributed by atoms with van der Waals surface area (Å²) in [5.41, 5.74) is 4.61. The van der Waals surface area contributed by atoms with Crippen LogP contribution in [0.3, 0.4) is 0 Å². The molecule has 2 N–H and O–H groups in total. The number of amides is 2. The molecule has 0 radical (unpaired) electrons. The number of benzene rings is 4. The number of rotatable bonds is 9. The fourth-order valence-corrected chi connectivity index (χ4v) is 6.70. The van der Waals surface area contributed by atoms with Gasteiger partial charge in [0.25, 0.3) is 15.9 Å². The van der Waals surface area contributed by atoms with Crippen LogP contribution in [0.5, 0.6) is 0 Å². The van der Waals surface area contributed by atoms with Gasteiger partial charge in [0.1, 0.15) is 5.37 Å². The maximum atomic E-state index is 12.9. The van der Waals surface area contributed by atoms with Crippen molar-refractivity contribution in [3.8, 4) is 0 Å². The first-order chi connectivity index (χ1) is 19.3. The zero-order valence-electron chi connectivity index (χ0n) is 21.9. The molecule has 204 valence electrons. The maximum Gasteiger partial charge on any atom is 0.261 e. The first-order valence-electron chi connectivity index (χ1n) is 12.8. The van der Waals surface area contributed by atoms with Gasteiger partial charge >= 0.3 is 0 Å². The molecule has 5 rings (SSSR count). The van der Waals surface area contributed by atoms with Gasteiger partial charge in [-0.05, 0) is 73.0 Å². The van der Waals surface area contributed by atoms with Crippen LogP contribution >= 0.6 is 11.8 Å². The van der Waals surface area contributed by atoms with Gasteiger partial charge in [-0.1, -0.05) is 60.2 Å². The summed E-state index contributed by atoms with van der Waals surface area (Å²) in [5, 5.41) is 2.73. The molecule has 0 spiro atoms. The van der Waals surface area contributed by atoms with Crippen molar-refractivity contribution >= 4 is 45.0 Å². The third-order valence-electron chi connectivity index (χ3n) is 6.64. The van der Waals surface area contributed by atoms with Gasteiger partial charge in [-0.3, -0.25) is 14.3 Å². The Morgan fingerprint density at radius 2 is 1.52 bits per heavy atom. The Balaban J connectivity index is 1.20. The summed E-state index contributed by atoms with van der Waals surface area (Å²) in [4.78, 5) is 27.4. The quantitative estimate of drug-likeness (QED) is 0.262. The number of nitrogens with one attached hydrogen (secondary N) is 2. The number of nitrogens with zero attached hydrogens (tertiary/aromatic N) is 1. The van der Waals surface area contributed by atoms with Crippen molar-refractivity contribution in [1.82, 2.24) is 4.90 Å². The Hall–Kier alpha value is -4.08. The normalized spacial score (nSPS) is 15.2. The fourth-order valence-electron chi connectivity index (χ4n) is 4.42. The standard InChI is InChI=1S/C31H29N3O4S2/c1-22-7-13-27(14-8-22)33-40(37,38)28-17-15-26(16-18-28)32-30(36)24-9-11-25(12-10-24)31-34(29(35)21-39-31)20-19-23-5-3-2-4-6-23/h2-18,31,33H,19-21H2,1H3,(H,32,36)/t31-/m0/s1. The second-order valence-corrected chi connectivity index (χ2v) is 12.3. The van der Waals surface area contributed by atoms with Crippen LogP contribution in [0.15, 0.2) is 108 Å². The van der Waals surface area contributed by atoms with Gasteiger partial charge in [0.2, 0.25) is 5.91 Å². The van der Waals surface area contributed by atoms with Crippen molar-refractivity contribution in [2.45, 2.75) is 23.6 Å². The van der Waals surface area contributed by atoms with E-state index < -0.39 is 10.0 Å². The van der Waals surface area contributed by atoms with E-state index >= 15 is 0 Å². The summed E-state index contributed by atoms with van der Waals surface area (Å²) < 4.78 is 28.0. The molecule has 1 fully saturated rings. The van der Waals surface area contributed by atoms with E-state index in [4.69, 9.17) is 0 Å². The second-order valence-electron chi connectivity index (χ2n) is 9.56. The molecule has 40 heavy (non-hydrogen) atoms. The molecule has 7 nitrogen and oxygen atoms in total. The minimum Gasteiger partial charge on any atom is -0.326 e. The third-order valence-corrected chi connectivity index (χ3v) is 9.29. The van der Waals surface area contributed by atoms with Crippen molar-refractivity contribution in [3.05, 3.63) is 125 Å². The first kappa shape index (κ1) is 27.5. The molecule has 0 saturated carbocycles. The van der Waals surface area contributed by atoms with Gasteiger partial charge in [0.15, 0.2) is 0 Å². The number of hydrogen-bond donors (Lipinski definition) is 2. The largest absolute Gasteiger partial charge is 0.326 e. The zero-order chi connectivity index (χ0) is 28.1. The van der Waals surface area contributed by atoms with E-state index in [1.807, 2.05) is 54.3 Å². The molecular weight excluding hydrogens is 542 g/mol. The maximum absolute atomic E-state index is 12.9. The Morgan fingerprint density at radius 1 is 0.875 bits per heavy atom. The van der Waals surface area contributed by atoms with Gasteiger partial charge in [-0.25, -0.2) is 8.42 Å². The van der Waals surface area contributed by atoms with Gasteiger partial charge in [-0.15, -0.1) is 11.8 Å². The van der Waals surface area contributed by atoms with E-state index in [-0.39, 0.29) is 22.1 Å². The van der Waals surface area contributed by atoms with E-state index in [9.17, 15) is 18.0 Å². The third kappa shape index (κ3) is 6.55. The number of sulfonamides is 1. The molecule has 4 aromatic rings. The number of hydrogen-bond acceptors (Lipinski definition) is 5. The number of carbonyl (C=O) groups is 2. The summed E-state index contributed by atoms with van der Waals surface area (Å²) >= 11 is 1.59. The second kappa shape index (κ2) is 12.0. The molecular formula is C31H29N3O4S2. The topological polar surface area (TPSA) is 95.6 Å². The van der Waals surface area contributed by atoms with Crippen LogP contribution in [0.1, 0.15) is 32.4 Å². The molecule has 0 aliphatic carbocycles. The number of anilines is 2. The Kier molecular flexibility index (Phi) is 8.23. The Bertz CT molecular complexity index is 1590. The first-order valence-corrected chi connectivity index (χ1v) is 15.4. The Labute approximate surface area is 238 Å². The van der Waals surface area contributed by atoms with Gasteiger partial charge < -0.3 is 10.2 Å². The molecule has 0 unspecified atom stereocenters. The summed E-state index contributed by atoms with van der Waals surface area (Å²) in [7, 11) is -3.76. The van der Waals surface area contributed by atoms with Crippen LogP contribution in [0.4, 0.5) is 11.4 Å². The average Bonchev–Trinajstić information content (AvgIpc) is 3.34. The van der Waals surface area contributed by atoms with Gasteiger partial charge in [0, 0.05) is 23.5 Å². The molecule has 2 amide bonds. The zero-order valence-corrected chi connectivity index (χ0v) is 23.5. The fraction of sp³-hybridized carbons (Fsp3) is 0.161. The number of thioether (sulfide) groups is 1. The minimum absolute atomic E-state index is 0.0867. The highest BCUT2D eigenvalue weighted by atomic mass is 32.2. The summed E-state index contributed by atoms with van der Waals surface area (Å²) in [6, 6.07) is 30.4. The van der Waals surface area contributed by atoms with E-state index in [1.165, 1.54) is 17.7 Å². The van der Waals surface area contributed by atoms with Crippen LogP contribution in [-0.2, 0) is 21.2 Å². The highest BCUT2D eigenvalue weighted by Crippen LogP contribution is 2.38. The molecule has 1 saturated heterocycles. The lowest BCUT2D eigenvalue weighted by atomic mass is 10.1. The van der Waals surface area contributed by atoms with Crippen LogP contribution in [0.25, 0.3) is 0 Å². The van der Waals surface area contributed by atoms with Crippen molar-refractivity contribution in [1.29, 1.82) is 0 Å². The van der Waals surface area contributed by atoms with Crippen molar-refractivity contribution in [3.63, 3.8) is 0 Å². The predicted molar refractivity (Wildman–Crippen MR) is 160 cm³/mol. The SMILES string of the molecule is Cc1ccc(NS(=O)(=O)c2ccc(NC(=O)c3ccc([C@@H]4SCC(=O)N4CCc4ccccc4)cc3)cc2)cc1. The van der Waals surface area contributed by atoms with E-state index in [0.717, 1.165) is 17.5 Å². The lowest BCUT2D eigenvalue weighted by Gasteiger charge is -2.24. The van der Waals surface area contributed by atoms with Crippen LogP contribution in [0, 0.1) is 6.92 Å². The summed E-state index contributed by atoms with van der Waals surface area (Å²) in [6.45, 7) is 2.56. The van der Waals surface area contributed by atoms with Crippen LogP contribution in [-0.4, -0.2) is 37.4 Å². The molecule has 0 bridgehead atoms. The van der Waals surface area contributed by atoms with Crippen molar-refractivity contribution < 1.29 is 18.0 Å². The average molecular weight is 572 g/mol. The predicted octanol–water partition coefficient (Wildman–Crippen LogP) is 5.86. The minimum atomic E-state index is -3.76. The van der Waals surface area contributed by atoms with Crippen LogP contribution in [0.2, 0.25) is 0 Å². The van der Waals surface area contributed by atoms with Crippen molar-refractivity contribution in [2.24, 2.45) is 0 Å². The van der Waals surface area contributed by atoms with Gasteiger partial charge in [0.05, 0.1) is 10.6 Å². The molecule has 0 aromatic heterocycles. The van der Waals surface area contributed by atoms with E-state index in [2.05, 4.69) is 22.2 Å². The molecule has 1 aliphatic heterocycles. The number of carbonyl (C=O) groups excluding carboxylic acids is 2. The van der Waals surface area contributed by atoms with E-state index in [1.54, 1.807) is 48.2 Å². The van der Waals surface area contributed by atoms with Crippen molar-refractivity contribution in [2.75, 3.05) is 22.3 Å². The highest BCUT2D eigenvalue weighted by molar-refractivity contribution is 8.00. The summed E-state index contributed by atoms with van der Waals surface area (Å²) in [6.07, 6.45) is 0.784. The smallest absolute Gasteiger partial charge is 0.261 e. The number of aryl methyl sites for hydroxylation is 1. The molecule has 1 heterocycles.